The summed E-state index contributed by atoms with van der Waals surface area (Å²) >= 11 is 0. The van der Waals surface area contributed by atoms with E-state index in [9.17, 15) is 13.6 Å². The third-order valence-electron chi connectivity index (χ3n) is 6.66. The molecule has 1 atom stereocenters. The zero-order valence-electron chi connectivity index (χ0n) is 19.2. The van der Waals surface area contributed by atoms with E-state index in [-0.39, 0.29) is 23.6 Å². The molecule has 0 aliphatic carbocycles. The SMILES string of the molecule is COc1ccc(F)cc1C1CC(C(=O)NN2CCCCC2)=C(C)N1CCc1ccccc1F. The maximum atomic E-state index is 14.2. The first-order valence-electron chi connectivity index (χ1n) is 11.6. The van der Waals surface area contributed by atoms with Gasteiger partial charge in [0.25, 0.3) is 5.91 Å². The molecule has 2 heterocycles. The predicted molar refractivity (Wildman–Crippen MR) is 123 cm³/mol. The van der Waals surface area contributed by atoms with Gasteiger partial charge in [-0.25, -0.2) is 13.8 Å². The van der Waals surface area contributed by atoms with Crippen molar-refractivity contribution in [2.24, 2.45) is 0 Å². The lowest BCUT2D eigenvalue weighted by Gasteiger charge is -2.30. The van der Waals surface area contributed by atoms with Crippen LogP contribution in [0.5, 0.6) is 5.75 Å². The van der Waals surface area contributed by atoms with Crippen LogP contribution in [-0.4, -0.2) is 42.6 Å². The minimum Gasteiger partial charge on any atom is -0.496 e. The number of halogens is 2. The zero-order valence-corrected chi connectivity index (χ0v) is 19.2. The second kappa shape index (κ2) is 10.3. The highest BCUT2D eigenvalue weighted by molar-refractivity contribution is 5.94. The Bertz CT molecular complexity index is 1030. The van der Waals surface area contributed by atoms with Gasteiger partial charge in [0, 0.05) is 42.9 Å². The highest BCUT2D eigenvalue weighted by Gasteiger charge is 2.35. The summed E-state index contributed by atoms with van der Waals surface area (Å²) in [6.07, 6.45) is 4.22. The van der Waals surface area contributed by atoms with Gasteiger partial charge in [-0.05, 0) is 56.0 Å². The molecule has 7 heteroatoms. The van der Waals surface area contributed by atoms with E-state index in [1.54, 1.807) is 25.3 Å². The molecule has 176 valence electrons. The van der Waals surface area contributed by atoms with Crippen LogP contribution in [0.15, 0.2) is 53.7 Å². The summed E-state index contributed by atoms with van der Waals surface area (Å²) in [4.78, 5) is 15.3. The molecule has 4 rings (SSSR count). The fraction of sp³-hybridized carbons (Fsp3) is 0.423. The maximum Gasteiger partial charge on any atom is 0.263 e. The summed E-state index contributed by atoms with van der Waals surface area (Å²) in [6, 6.07) is 10.9. The Morgan fingerprint density at radius 3 is 2.61 bits per heavy atom. The second-order valence-electron chi connectivity index (χ2n) is 8.69. The minimum atomic E-state index is -0.358. The van der Waals surface area contributed by atoms with Gasteiger partial charge in [0.15, 0.2) is 0 Å². The number of hydrogen-bond donors (Lipinski definition) is 1. The number of benzene rings is 2. The Morgan fingerprint density at radius 2 is 1.88 bits per heavy atom. The number of allylic oxidation sites excluding steroid dienone is 1. The van der Waals surface area contributed by atoms with Crippen LogP contribution < -0.4 is 10.2 Å². The molecule has 2 aliphatic heterocycles. The molecule has 33 heavy (non-hydrogen) atoms. The number of carbonyl (C=O) groups excluding carboxylic acids is 1. The van der Waals surface area contributed by atoms with Crippen LogP contribution in [0.3, 0.4) is 0 Å². The second-order valence-corrected chi connectivity index (χ2v) is 8.69. The molecule has 2 aliphatic rings. The van der Waals surface area contributed by atoms with Crippen molar-refractivity contribution >= 4 is 5.91 Å². The molecule has 2 aromatic carbocycles. The smallest absolute Gasteiger partial charge is 0.263 e. The number of nitrogens with zero attached hydrogens (tertiary/aromatic N) is 2. The molecule has 0 radical (unpaired) electrons. The van der Waals surface area contributed by atoms with Crippen LogP contribution in [0.1, 0.15) is 49.8 Å². The summed E-state index contributed by atoms with van der Waals surface area (Å²) in [7, 11) is 1.56. The number of ether oxygens (including phenoxy) is 1. The number of methoxy groups -OCH3 is 1. The molecule has 1 amide bonds. The van der Waals surface area contributed by atoms with Crippen molar-refractivity contribution in [1.82, 2.24) is 15.3 Å². The number of carbonyl (C=O) groups is 1. The number of rotatable bonds is 7. The molecule has 5 nitrogen and oxygen atoms in total. The number of amides is 1. The average molecular weight is 456 g/mol. The van der Waals surface area contributed by atoms with E-state index >= 15 is 0 Å². The fourth-order valence-corrected chi connectivity index (χ4v) is 4.84. The van der Waals surface area contributed by atoms with Crippen LogP contribution in [0.2, 0.25) is 0 Å². The van der Waals surface area contributed by atoms with Crippen LogP contribution in [0.4, 0.5) is 8.78 Å². The van der Waals surface area contributed by atoms with Crippen LogP contribution in [-0.2, 0) is 11.2 Å². The van der Waals surface area contributed by atoms with Gasteiger partial charge >= 0.3 is 0 Å². The molecule has 1 unspecified atom stereocenters. The van der Waals surface area contributed by atoms with E-state index in [2.05, 4.69) is 10.3 Å². The summed E-state index contributed by atoms with van der Waals surface area (Å²) < 4.78 is 34.0. The van der Waals surface area contributed by atoms with Crippen LogP contribution in [0.25, 0.3) is 0 Å². The lowest BCUT2D eigenvalue weighted by atomic mass is 9.99. The number of piperidine rings is 1. The molecule has 0 spiro atoms. The first kappa shape index (κ1) is 23.2. The van der Waals surface area contributed by atoms with Crippen molar-refractivity contribution in [2.45, 2.75) is 45.1 Å². The van der Waals surface area contributed by atoms with Gasteiger partial charge in [-0.3, -0.25) is 10.2 Å². The van der Waals surface area contributed by atoms with Crippen molar-refractivity contribution in [1.29, 1.82) is 0 Å². The van der Waals surface area contributed by atoms with E-state index in [0.717, 1.165) is 31.6 Å². The summed E-state index contributed by atoms with van der Waals surface area (Å²) in [5, 5.41) is 1.98. The number of hydrogen-bond acceptors (Lipinski definition) is 4. The monoisotopic (exact) mass is 455 g/mol. The van der Waals surface area contributed by atoms with E-state index < -0.39 is 0 Å². The van der Waals surface area contributed by atoms with Crippen molar-refractivity contribution in [3.05, 3.63) is 76.5 Å². The van der Waals surface area contributed by atoms with Gasteiger partial charge in [-0.15, -0.1) is 0 Å². The molecule has 0 bridgehead atoms. The number of hydrazine groups is 1. The third-order valence-corrected chi connectivity index (χ3v) is 6.66. The van der Waals surface area contributed by atoms with Crippen molar-refractivity contribution in [2.75, 3.05) is 26.7 Å². The van der Waals surface area contributed by atoms with Gasteiger partial charge in [0.2, 0.25) is 0 Å². The van der Waals surface area contributed by atoms with Gasteiger partial charge in [-0.1, -0.05) is 24.6 Å². The highest BCUT2D eigenvalue weighted by Crippen LogP contribution is 2.42. The highest BCUT2D eigenvalue weighted by atomic mass is 19.1. The van der Waals surface area contributed by atoms with Gasteiger partial charge in [-0.2, -0.15) is 0 Å². The summed E-state index contributed by atoms with van der Waals surface area (Å²) in [5.74, 6) is -0.157. The first-order valence-corrected chi connectivity index (χ1v) is 11.6. The maximum absolute atomic E-state index is 14.2. The standard InChI is InChI=1S/C26H31F2N3O2/c1-18-21(26(32)29-30-13-6-3-7-14-30)17-24(22-16-20(27)10-11-25(22)33-2)31(18)15-12-19-8-4-5-9-23(19)28/h4-5,8-11,16,24H,3,6-7,12-15,17H2,1-2H3,(H,29,32). The molecule has 0 saturated carbocycles. The molecule has 1 N–H and O–H groups in total. The Kier molecular flexibility index (Phi) is 7.28. The van der Waals surface area contributed by atoms with E-state index in [4.69, 9.17) is 4.74 Å². The van der Waals surface area contributed by atoms with Gasteiger partial charge < -0.3 is 9.64 Å². The van der Waals surface area contributed by atoms with Gasteiger partial charge in [0.1, 0.15) is 17.4 Å². The van der Waals surface area contributed by atoms with Gasteiger partial charge in [0.05, 0.1) is 13.2 Å². The zero-order chi connectivity index (χ0) is 23.4. The lowest BCUT2D eigenvalue weighted by Crippen LogP contribution is -2.45. The largest absolute Gasteiger partial charge is 0.496 e. The third kappa shape index (κ3) is 5.19. The Hall–Kier alpha value is -2.93. The summed E-state index contributed by atoms with van der Waals surface area (Å²) in [6.45, 7) is 4.10. The summed E-state index contributed by atoms with van der Waals surface area (Å²) in [5.41, 5.74) is 5.85. The average Bonchev–Trinajstić information content (AvgIpc) is 3.15. The first-order chi connectivity index (χ1) is 16.0. The normalized spacial score (nSPS) is 19.2. The van der Waals surface area contributed by atoms with Crippen LogP contribution in [0, 0.1) is 11.6 Å². The van der Waals surface area contributed by atoms with Crippen molar-refractivity contribution < 1.29 is 18.3 Å². The minimum absolute atomic E-state index is 0.122. The van der Waals surface area contributed by atoms with E-state index in [1.165, 1.54) is 24.6 Å². The van der Waals surface area contributed by atoms with E-state index in [1.807, 2.05) is 18.0 Å². The number of nitrogens with one attached hydrogen (secondary N) is 1. The molecule has 1 fully saturated rings. The Morgan fingerprint density at radius 1 is 1.12 bits per heavy atom. The molecule has 2 aromatic rings. The Balaban J connectivity index is 1.61. The van der Waals surface area contributed by atoms with Crippen molar-refractivity contribution in [3.63, 3.8) is 0 Å². The van der Waals surface area contributed by atoms with Crippen molar-refractivity contribution in [3.8, 4) is 5.75 Å². The molecular weight excluding hydrogens is 424 g/mol. The quantitative estimate of drug-likeness (QED) is 0.654. The topological polar surface area (TPSA) is 44.8 Å². The van der Waals surface area contributed by atoms with E-state index in [0.29, 0.717) is 41.8 Å². The molecular formula is C26H31F2N3O2. The predicted octanol–water partition coefficient (Wildman–Crippen LogP) is 4.75. The molecule has 0 aromatic heterocycles. The van der Waals surface area contributed by atoms with Crippen LogP contribution >= 0.6 is 0 Å². The molecule has 1 saturated heterocycles. The lowest BCUT2D eigenvalue weighted by molar-refractivity contribution is -0.122. The fourth-order valence-electron chi connectivity index (χ4n) is 4.84. The Labute approximate surface area is 194 Å².